The lowest BCUT2D eigenvalue weighted by Gasteiger charge is -2.14. The highest BCUT2D eigenvalue weighted by Crippen LogP contribution is 2.24. The normalized spacial score (nSPS) is 12.4. The molecule has 5 heteroatoms. The number of ether oxygens (including phenoxy) is 1. The molecule has 0 amide bonds. The van der Waals surface area contributed by atoms with Gasteiger partial charge in [0.05, 0.1) is 6.10 Å². The lowest BCUT2D eigenvalue weighted by molar-refractivity contribution is 0.0803. The average Bonchev–Trinajstić information content (AvgIpc) is 3.05. The molecular weight excluding hydrogens is 326 g/mol. The van der Waals surface area contributed by atoms with Crippen LogP contribution in [-0.2, 0) is 6.42 Å². The van der Waals surface area contributed by atoms with Gasteiger partial charge in [0.25, 0.3) is 5.91 Å². The highest BCUT2D eigenvalue weighted by molar-refractivity contribution is 5.84. The molecule has 26 heavy (non-hydrogen) atoms. The van der Waals surface area contributed by atoms with Crippen LogP contribution in [0.3, 0.4) is 0 Å². The number of unbranched alkanes of at least 4 members (excludes halogenated alkanes) is 1. The number of aryl methyl sites for hydroxylation is 1. The van der Waals surface area contributed by atoms with Crippen LogP contribution in [0.5, 0.6) is 6.01 Å². The van der Waals surface area contributed by atoms with Gasteiger partial charge in [-0.15, -0.1) is 5.10 Å². The first-order valence-corrected chi connectivity index (χ1v) is 9.77. The molecule has 0 saturated heterocycles. The Labute approximate surface area is 156 Å². The van der Waals surface area contributed by atoms with E-state index in [4.69, 9.17) is 4.74 Å². The number of carbonyl (C=O) groups excluding carboxylic acids is 1. The molecule has 0 aliphatic rings. The molecule has 0 fully saturated rings. The lowest BCUT2D eigenvalue weighted by atomic mass is 9.98. The van der Waals surface area contributed by atoms with E-state index in [-0.39, 0.29) is 23.9 Å². The van der Waals surface area contributed by atoms with Crippen molar-refractivity contribution in [3.63, 3.8) is 0 Å². The first-order valence-electron chi connectivity index (χ1n) is 9.77. The Morgan fingerprint density at radius 3 is 2.38 bits per heavy atom. The van der Waals surface area contributed by atoms with E-state index in [1.807, 2.05) is 26.0 Å². The summed E-state index contributed by atoms with van der Waals surface area (Å²) in [6, 6.07) is 8.39. The summed E-state index contributed by atoms with van der Waals surface area (Å²) in [6.07, 6.45) is 4.72. The first kappa shape index (κ1) is 20.1. The summed E-state index contributed by atoms with van der Waals surface area (Å²) in [7, 11) is 0. The Hall–Kier alpha value is -2.17. The zero-order valence-corrected chi connectivity index (χ0v) is 16.7. The molecule has 0 bridgehead atoms. The largest absolute Gasteiger partial charge is 0.460 e. The number of rotatable bonds is 9. The average molecular weight is 357 g/mol. The van der Waals surface area contributed by atoms with Gasteiger partial charge in [0.1, 0.15) is 0 Å². The molecule has 2 rings (SSSR count). The van der Waals surface area contributed by atoms with Crippen molar-refractivity contribution in [2.45, 2.75) is 72.8 Å². The number of nitrogens with zero attached hydrogens (tertiary/aromatic N) is 3. The summed E-state index contributed by atoms with van der Waals surface area (Å²) in [5.41, 5.74) is 2.13. The van der Waals surface area contributed by atoms with Gasteiger partial charge < -0.3 is 4.74 Å². The summed E-state index contributed by atoms with van der Waals surface area (Å²) in [4.78, 5) is 17.6. The molecule has 0 aliphatic carbocycles. The second-order valence-electron chi connectivity index (χ2n) is 6.93. The molecule has 1 unspecified atom stereocenters. The summed E-state index contributed by atoms with van der Waals surface area (Å²) in [5.74, 6) is 0.516. The fourth-order valence-electron chi connectivity index (χ4n) is 2.91. The SMILES string of the molecule is CCCCC(CC)C(=O)n1nc(OC(C)C)nc1-c1ccc(CC)cc1. The van der Waals surface area contributed by atoms with E-state index >= 15 is 0 Å². The van der Waals surface area contributed by atoms with E-state index in [1.54, 1.807) is 0 Å². The number of hydrogen-bond donors (Lipinski definition) is 0. The van der Waals surface area contributed by atoms with Crippen molar-refractivity contribution in [2.75, 3.05) is 0 Å². The second kappa shape index (κ2) is 9.51. The van der Waals surface area contributed by atoms with Gasteiger partial charge >= 0.3 is 6.01 Å². The lowest BCUT2D eigenvalue weighted by Crippen LogP contribution is -2.23. The van der Waals surface area contributed by atoms with Gasteiger partial charge in [-0.3, -0.25) is 4.79 Å². The molecular formula is C21H31N3O2. The van der Waals surface area contributed by atoms with Gasteiger partial charge in [-0.2, -0.15) is 9.67 Å². The van der Waals surface area contributed by atoms with Crippen molar-refractivity contribution < 1.29 is 9.53 Å². The second-order valence-corrected chi connectivity index (χ2v) is 6.93. The molecule has 1 aromatic carbocycles. The molecule has 5 nitrogen and oxygen atoms in total. The van der Waals surface area contributed by atoms with Crippen LogP contribution >= 0.6 is 0 Å². The van der Waals surface area contributed by atoms with Crippen molar-refractivity contribution in [2.24, 2.45) is 5.92 Å². The molecule has 1 heterocycles. The minimum Gasteiger partial charge on any atom is -0.460 e. The molecule has 0 radical (unpaired) electrons. The van der Waals surface area contributed by atoms with Crippen molar-refractivity contribution in [3.8, 4) is 17.4 Å². The summed E-state index contributed by atoms with van der Waals surface area (Å²) < 4.78 is 7.10. The summed E-state index contributed by atoms with van der Waals surface area (Å²) in [5, 5.41) is 4.38. The van der Waals surface area contributed by atoms with Crippen LogP contribution in [-0.4, -0.2) is 26.8 Å². The molecule has 1 atom stereocenters. The van der Waals surface area contributed by atoms with Crippen LogP contribution in [0.2, 0.25) is 0 Å². The van der Waals surface area contributed by atoms with Crippen molar-refractivity contribution in [1.82, 2.24) is 14.8 Å². The Balaban J connectivity index is 2.41. The highest BCUT2D eigenvalue weighted by atomic mass is 16.5. The molecule has 0 saturated carbocycles. The summed E-state index contributed by atoms with van der Waals surface area (Å²) in [6.45, 7) is 10.2. The van der Waals surface area contributed by atoms with Crippen LogP contribution in [0, 0.1) is 5.92 Å². The fraction of sp³-hybridized carbons (Fsp3) is 0.571. The number of benzene rings is 1. The standard InChI is InChI=1S/C21H31N3O2/c1-6-9-10-17(8-3)20(25)24-19(22-21(23-24)26-15(4)5)18-13-11-16(7-2)12-14-18/h11-15,17H,6-10H2,1-5H3. The maximum Gasteiger partial charge on any atom is 0.336 e. The molecule has 0 N–H and O–H groups in total. The van der Waals surface area contributed by atoms with Crippen LogP contribution in [0.1, 0.15) is 70.7 Å². The smallest absolute Gasteiger partial charge is 0.336 e. The van der Waals surface area contributed by atoms with Crippen LogP contribution < -0.4 is 4.74 Å². The fourth-order valence-corrected chi connectivity index (χ4v) is 2.91. The molecule has 0 aliphatic heterocycles. The van der Waals surface area contributed by atoms with E-state index in [9.17, 15) is 4.79 Å². The molecule has 2 aromatic rings. The van der Waals surface area contributed by atoms with Crippen LogP contribution in [0.4, 0.5) is 0 Å². The number of hydrogen-bond acceptors (Lipinski definition) is 4. The maximum atomic E-state index is 13.1. The monoisotopic (exact) mass is 357 g/mol. The van der Waals surface area contributed by atoms with Crippen molar-refractivity contribution in [1.29, 1.82) is 0 Å². The topological polar surface area (TPSA) is 57.0 Å². The predicted octanol–water partition coefficient (Wildman–Crippen LogP) is 5.15. The maximum absolute atomic E-state index is 13.1. The highest BCUT2D eigenvalue weighted by Gasteiger charge is 2.24. The zero-order chi connectivity index (χ0) is 19.1. The van der Waals surface area contributed by atoms with E-state index in [2.05, 4.69) is 43.0 Å². The van der Waals surface area contributed by atoms with Crippen molar-refractivity contribution in [3.05, 3.63) is 29.8 Å². The van der Waals surface area contributed by atoms with Gasteiger partial charge in [0.2, 0.25) is 0 Å². The molecule has 1 aromatic heterocycles. The van der Waals surface area contributed by atoms with E-state index in [1.165, 1.54) is 10.2 Å². The first-order chi connectivity index (χ1) is 12.5. The van der Waals surface area contributed by atoms with Gasteiger partial charge in [-0.05, 0) is 38.7 Å². The van der Waals surface area contributed by atoms with Crippen LogP contribution in [0.15, 0.2) is 24.3 Å². The third-order valence-electron chi connectivity index (χ3n) is 4.51. The number of carbonyl (C=O) groups is 1. The van der Waals surface area contributed by atoms with E-state index in [0.29, 0.717) is 5.82 Å². The zero-order valence-electron chi connectivity index (χ0n) is 16.7. The molecule has 142 valence electrons. The Kier molecular flexibility index (Phi) is 7.37. The van der Waals surface area contributed by atoms with Crippen molar-refractivity contribution >= 4 is 5.91 Å². The number of aromatic nitrogens is 3. The Morgan fingerprint density at radius 1 is 1.15 bits per heavy atom. The van der Waals surface area contributed by atoms with Gasteiger partial charge in [0, 0.05) is 11.5 Å². The van der Waals surface area contributed by atoms with Crippen LogP contribution in [0.25, 0.3) is 11.4 Å². The van der Waals surface area contributed by atoms with Gasteiger partial charge in [0.15, 0.2) is 5.82 Å². The van der Waals surface area contributed by atoms with E-state index < -0.39 is 0 Å². The summed E-state index contributed by atoms with van der Waals surface area (Å²) >= 11 is 0. The van der Waals surface area contributed by atoms with E-state index in [0.717, 1.165) is 37.7 Å². The molecule has 0 spiro atoms. The quantitative estimate of drug-likeness (QED) is 0.622. The minimum absolute atomic E-state index is 0.00150. The minimum atomic E-state index is -0.0442. The Bertz CT molecular complexity index is 705. The van der Waals surface area contributed by atoms with Gasteiger partial charge in [-0.1, -0.05) is 57.9 Å². The third kappa shape index (κ3) is 4.93. The third-order valence-corrected chi connectivity index (χ3v) is 4.51. The Morgan fingerprint density at radius 2 is 1.85 bits per heavy atom. The predicted molar refractivity (Wildman–Crippen MR) is 105 cm³/mol. The van der Waals surface area contributed by atoms with Gasteiger partial charge in [-0.25, -0.2) is 0 Å².